The number of thiocarbonyl (C=S) groups is 1. The Bertz CT molecular complexity index is 824. The molecule has 0 heterocycles. The van der Waals surface area contributed by atoms with Gasteiger partial charge in [0.1, 0.15) is 11.5 Å². The van der Waals surface area contributed by atoms with Crippen LogP contribution in [0.15, 0.2) is 42.5 Å². The molecular formula is C17H17N3O5S. The van der Waals surface area contributed by atoms with Crippen LogP contribution in [0.5, 0.6) is 11.5 Å². The lowest BCUT2D eigenvalue weighted by Crippen LogP contribution is -2.37. The van der Waals surface area contributed by atoms with Gasteiger partial charge in [0.05, 0.1) is 16.7 Å². The molecule has 0 atom stereocenters. The normalized spacial score (nSPS) is 10.0. The summed E-state index contributed by atoms with van der Waals surface area (Å²) >= 11 is 4.98. The zero-order chi connectivity index (χ0) is 19.1. The Labute approximate surface area is 154 Å². The SMILES string of the molecule is CCc1ccc(OCC(=O)NC(=S)Nc2ccc([N+](=O)[O-])cc2O)cc1. The summed E-state index contributed by atoms with van der Waals surface area (Å²) in [5, 5.41) is 25.3. The van der Waals surface area contributed by atoms with E-state index in [1.54, 1.807) is 12.1 Å². The number of carbonyl (C=O) groups excluding carboxylic acids is 1. The largest absolute Gasteiger partial charge is 0.506 e. The van der Waals surface area contributed by atoms with Crippen LogP contribution in [0, 0.1) is 10.1 Å². The minimum Gasteiger partial charge on any atom is -0.506 e. The second-order valence-electron chi connectivity index (χ2n) is 5.25. The number of anilines is 1. The number of hydrogen-bond donors (Lipinski definition) is 3. The Morgan fingerprint density at radius 2 is 1.96 bits per heavy atom. The van der Waals surface area contributed by atoms with E-state index in [4.69, 9.17) is 17.0 Å². The van der Waals surface area contributed by atoms with Gasteiger partial charge >= 0.3 is 0 Å². The number of amides is 1. The lowest BCUT2D eigenvalue weighted by molar-refractivity contribution is -0.384. The van der Waals surface area contributed by atoms with E-state index in [1.807, 2.05) is 19.1 Å². The minimum atomic E-state index is -0.631. The molecule has 0 saturated heterocycles. The van der Waals surface area contributed by atoms with Crippen LogP contribution in [-0.2, 0) is 11.2 Å². The third kappa shape index (κ3) is 5.42. The number of aryl methyl sites for hydroxylation is 1. The molecule has 2 rings (SSSR count). The van der Waals surface area contributed by atoms with Crippen molar-refractivity contribution < 1.29 is 19.6 Å². The van der Waals surface area contributed by atoms with Gasteiger partial charge in [0.2, 0.25) is 0 Å². The smallest absolute Gasteiger partial charge is 0.273 e. The summed E-state index contributed by atoms with van der Waals surface area (Å²) < 4.78 is 5.36. The fraction of sp³-hybridized carbons (Fsp3) is 0.176. The lowest BCUT2D eigenvalue weighted by atomic mass is 10.2. The van der Waals surface area contributed by atoms with Crippen molar-refractivity contribution in [3.63, 3.8) is 0 Å². The molecule has 136 valence electrons. The maximum Gasteiger partial charge on any atom is 0.273 e. The van der Waals surface area contributed by atoms with Crippen molar-refractivity contribution in [1.29, 1.82) is 0 Å². The number of rotatable bonds is 6. The molecule has 1 amide bonds. The number of benzene rings is 2. The van der Waals surface area contributed by atoms with Gasteiger partial charge in [0, 0.05) is 6.07 Å². The molecule has 0 spiro atoms. The van der Waals surface area contributed by atoms with Crippen LogP contribution in [-0.4, -0.2) is 27.7 Å². The quantitative estimate of drug-likeness (QED) is 0.308. The van der Waals surface area contributed by atoms with Crippen molar-refractivity contribution in [2.45, 2.75) is 13.3 Å². The Morgan fingerprint density at radius 3 is 2.54 bits per heavy atom. The highest BCUT2D eigenvalue weighted by molar-refractivity contribution is 7.80. The van der Waals surface area contributed by atoms with E-state index in [0.717, 1.165) is 18.1 Å². The molecule has 0 bridgehead atoms. The molecule has 0 fully saturated rings. The Balaban J connectivity index is 1.84. The second kappa shape index (κ2) is 8.77. The molecule has 9 heteroatoms. The van der Waals surface area contributed by atoms with Crippen molar-refractivity contribution in [3.8, 4) is 11.5 Å². The topological polar surface area (TPSA) is 114 Å². The number of aromatic hydroxyl groups is 1. The van der Waals surface area contributed by atoms with E-state index in [-0.39, 0.29) is 28.8 Å². The van der Waals surface area contributed by atoms with Crippen molar-refractivity contribution in [2.75, 3.05) is 11.9 Å². The van der Waals surface area contributed by atoms with Crippen molar-refractivity contribution in [1.82, 2.24) is 5.32 Å². The van der Waals surface area contributed by atoms with Crippen LogP contribution >= 0.6 is 12.2 Å². The molecule has 0 aliphatic rings. The highest BCUT2D eigenvalue weighted by atomic mass is 32.1. The van der Waals surface area contributed by atoms with Crippen LogP contribution < -0.4 is 15.4 Å². The first-order chi connectivity index (χ1) is 12.4. The van der Waals surface area contributed by atoms with Crippen molar-refractivity contribution in [3.05, 3.63) is 58.1 Å². The fourth-order valence-corrected chi connectivity index (χ4v) is 2.25. The third-order valence-electron chi connectivity index (χ3n) is 3.39. The van der Waals surface area contributed by atoms with E-state index < -0.39 is 10.8 Å². The first kappa shape index (κ1) is 19.1. The highest BCUT2D eigenvalue weighted by Crippen LogP contribution is 2.27. The molecule has 3 N–H and O–H groups in total. The van der Waals surface area contributed by atoms with Crippen LogP contribution in [0.1, 0.15) is 12.5 Å². The number of ether oxygens (including phenoxy) is 1. The highest BCUT2D eigenvalue weighted by Gasteiger charge is 2.12. The molecular weight excluding hydrogens is 358 g/mol. The summed E-state index contributed by atoms with van der Waals surface area (Å²) in [6, 6.07) is 10.9. The van der Waals surface area contributed by atoms with E-state index in [1.165, 1.54) is 12.1 Å². The number of phenolic OH excluding ortho intramolecular Hbond substituents is 1. The second-order valence-corrected chi connectivity index (χ2v) is 5.66. The average molecular weight is 375 g/mol. The molecule has 0 aliphatic carbocycles. The number of hydrogen-bond acceptors (Lipinski definition) is 6. The van der Waals surface area contributed by atoms with Crippen LogP contribution in [0.2, 0.25) is 0 Å². The maximum absolute atomic E-state index is 11.9. The maximum atomic E-state index is 11.9. The van der Waals surface area contributed by atoms with E-state index in [0.29, 0.717) is 5.75 Å². The lowest BCUT2D eigenvalue weighted by Gasteiger charge is -2.11. The molecule has 0 aliphatic heterocycles. The molecule has 2 aromatic carbocycles. The molecule has 8 nitrogen and oxygen atoms in total. The number of nitro benzene ring substituents is 1. The number of nitro groups is 1. The van der Waals surface area contributed by atoms with E-state index >= 15 is 0 Å². The summed E-state index contributed by atoms with van der Waals surface area (Å²) in [5.74, 6) is -0.282. The van der Waals surface area contributed by atoms with Gasteiger partial charge in [-0.3, -0.25) is 20.2 Å². The number of carbonyl (C=O) groups is 1. The monoisotopic (exact) mass is 375 g/mol. The van der Waals surface area contributed by atoms with Crippen molar-refractivity contribution in [2.24, 2.45) is 0 Å². The Kier molecular flexibility index (Phi) is 6.45. The van der Waals surface area contributed by atoms with Gasteiger partial charge in [-0.1, -0.05) is 19.1 Å². The molecule has 26 heavy (non-hydrogen) atoms. The zero-order valence-electron chi connectivity index (χ0n) is 13.9. The average Bonchev–Trinajstić information content (AvgIpc) is 2.62. The van der Waals surface area contributed by atoms with Gasteiger partial charge in [-0.2, -0.15) is 0 Å². The number of non-ortho nitro benzene ring substituents is 1. The number of nitrogens with one attached hydrogen (secondary N) is 2. The summed E-state index contributed by atoms with van der Waals surface area (Å²) in [6.07, 6.45) is 0.913. The van der Waals surface area contributed by atoms with Crippen LogP contribution in [0.25, 0.3) is 0 Å². The van der Waals surface area contributed by atoms with Gasteiger partial charge in [0.15, 0.2) is 11.7 Å². The number of phenols is 1. The fourth-order valence-electron chi connectivity index (χ4n) is 2.03. The summed E-state index contributed by atoms with van der Waals surface area (Å²) in [5.41, 5.74) is 1.04. The van der Waals surface area contributed by atoms with Gasteiger partial charge in [-0.05, 0) is 42.4 Å². The summed E-state index contributed by atoms with van der Waals surface area (Å²) in [6.45, 7) is 1.81. The predicted molar refractivity (Wildman–Crippen MR) is 100 cm³/mol. The summed E-state index contributed by atoms with van der Waals surface area (Å²) in [7, 11) is 0. The standard InChI is InChI=1S/C17H17N3O5S/c1-2-11-3-6-13(7-4-11)25-10-16(22)19-17(26)18-14-8-5-12(20(23)24)9-15(14)21/h3-9,21H,2,10H2,1H3,(H2,18,19,22,26). The molecule has 0 unspecified atom stereocenters. The van der Waals surface area contributed by atoms with Gasteiger partial charge in [0.25, 0.3) is 11.6 Å². The summed E-state index contributed by atoms with van der Waals surface area (Å²) in [4.78, 5) is 21.9. The number of nitrogens with zero attached hydrogens (tertiary/aromatic N) is 1. The molecule has 0 radical (unpaired) electrons. The molecule has 0 saturated carbocycles. The molecule has 2 aromatic rings. The van der Waals surface area contributed by atoms with Crippen molar-refractivity contribution >= 4 is 34.6 Å². The first-order valence-electron chi connectivity index (χ1n) is 7.69. The van der Waals surface area contributed by atoms with Crippen LogP contribution in [0.3, 0.4) is 0 Å². The van der Waals surface area contributed by atoms with Crippen LogP contribution in [0.4, 0.5) is 11.4 Å². The minimum absolute atomic E-state index is 0.0657. The third-order valence-corrected chi connectivity index (χ3v) is 3.60. The molecule has 0 aromatic heterocycles. The Morgan fingerprint density at radius 1 is 1.27 bits per heavy atom. The zero-order valence-corrected chi connectivity index (χ0v) is 14.7. The van der Waals surface area contributed by atoms with E-state index in [2.05, 4.69) is 10.6 Å². The first-order valence-corrected chi connectivity index (χ1v) is 8.10. The Hall–Kier alpha value is -3.20. The van der Waals surface area contributed by atoms with Gasteiger partial charge < -0.3 is 15.2 Å². The van der Waals surface area contributed by atoms with Gasteiger partial charge in [-0.15, -0.1) is 0 Å². The predicted octanol–water partition coefficient (Wildman–Crippen LogP) is 2.75. The van der Waals surface area contributed by atoms with E-state index in [9.17, 15) is 20.0 Å². The van der Waals surface area contributed by atoms with Gasteiger partial charge in [-0.25, -0.2) is 0 Å².